The standard InChI is InChI=1S/C19H29BO2/c1-12-11-15(20-21-18(5,6)19(7,8)22-20)13(2)14-9-10-17(3,4)16(12)14/h11H,9-10H2,1-8H3. The van der Waals surface area contributed by atoms with Crippen LogP contribution in [-0.4, -0.2) is 18.3 Å². The van der Waals surface area contributed by atoms with Crippen LogP contribution < -0.4 is 5.46 Å². The summed E-state index contributed by atoms with van der Waals surface area (Å²) in [4.78, 5) is 0. The zero-order valence-corrected chi connectivity index (χ0v) is 15.4. The molecule has 2 aliphatic rings. The Morgan fingerprint density at radius 1 is 0.955 bits per heavy atom. The van der Waals surface area contributed by atoms with Gasteiger partial charge in [-0.2, -0.15) is 0 Å². The fourth-order valence-electron chi connectivity index (χ4n) is 4.05. The van der Waals surface area contributed by atoms with Gasteiger partial charge in [0.1, 0.15) is 0 Å². The molecular formula is C19H29BO2. The molecule has 3 rings (SSSR count). The van der Waals surface area contributed by atoms with E-state index in [1.807, 2.05) is 0 Å². The second-order valence-corrected chi connectivity index (χ2v) is 8.73. The predicted octanol–water partition coefficient (Wildman–Crippen LogP) is 3.83. The minimum absolute atomic E-state index is 0.252. The van der Waals surface area contributed by atoms with Crippen LogP contribution in [0.2, 0.25) is 0 Å². The third-order valence-corrected chi connectivity index (χ3v) is 6.14. The molecule has 0 N–H and O–H groups in total. The zero-order chi connectivity index (χ0) is 16.5. The summed E-state index contributed by atoms with van der Waals surface area (Å²) < 4.78 is 12.6. The van der Waals surface area contributed by atoms with E-state index in [9.17, 15) is 0 Å². The average molecular weight is 300 g/mol. The first-order valence-corrected chi connectivity index (χ1v) is 8.45. The predicted molar refractivity (Wildman–Crippen MR) is 93.0 cm³/mol. The van der Waals surface area contributed by atoms with E-state index < -0.39 is 0 Å². The van der Waals surface area contributed by atoms with Gasteiger partial charge in [-0.3, -0.25) is 0 Å². The molecule has 0 atom stereocenters. The molecule has 0 saturated carbocycles. The largest absolute Gasteiger partial charge is 0.495 e. The van der Waals surface area contributed by atoms with Crippen molar-refractivity contribution in [1.29, 1.82) is 0 Å². The normalized spacial score (nSPS) is 24.6. The van der Waals surface area contributed by atoms with Crippen molar-refractivity contribution in [3.05, 3.63) is 28.3 Å². The molecule has 1 aliphatic heterocycles. The molecular weight excluding hydrogens is 271 g/mol. The molecule has 1 aromatic rings. The number of fused-ring (bicyclic) bond motifs is 1. The van der Waals surface area contributed by atoms with Crippen LogP contribution in [0.3, 0.4) is 0 Å². The number of benzene rings is 1. The summed E-state index contributed by atoms with van der Waals surface area (Å²) >= 11 is 0. The summed E-state index contributed by atoms with van der Waals surface area (Å²) in [5, 5.41) is 0. The number of hydrogen-bond donors (Lipinski definition) is 0. The van der Waals surface area contributed by atoms with Gasteiger partial charge in [0.15, 0.2) is 0 Å². The van der Waals surface area contributed by atoms with Crippen LogP contribution in [0.15, 0.2) is 6.07 Å². The van der Waals surface area contributed by atoms with E-state index in [2.05, 4.69) is 61.5 Å². The van der Waals surface area contributed by atoms with Gasteiger partial charge < -0.3 is 9.31 Å². The Morgan fingerprint density at radius 3 is 2.05 bits per heavy atom. The van der Waals surface area contributed by atoms with E-state index in [-0.39, 0.29) is 18.3 Å². The molecule has 1 aliphatic carbocycles. The highest BCUT2D eigenvalue weighted by atomic mass is 16.7. The SMILES string of the molecule is Cc1cc(B2OC(C)(C)C(C)(C)O2)c(C)c2c1C(C)(C)CC2. The van der Waals surface area contributed by atoms with E-state index in [4.69, 9.17) is 9.31 Å². The molecule has 0 spiro atoms. The van der Waals surface area contributed by atoms with Gasteiger partial charge in [-0.15, -0.1) is 0 Å². The van der Waals surface area contributed by atoms with E-state index in [0.717, 1.165) is 0 Å². The summed E-state index contributed by atoms with van der Waals surface area (Å²) in [5.74, 6) is 0. The molecule has 22 heavy (non-hydrogen) atoms. The van der Waals surface area contributed by atoms with Gasteiger partial charge >= 0.3 is 7.12 Å². The van der Waals surface area contributed by atoms with Crippen molar-refractivity contribution in [3.8, 4) is 0 Å². The summed E-state index contributed by atoms with van der Waals surface area (Å²) in [6.45, 7) is 17.7. The molecule has 0 aromatic heterocycles. The Kier molecular flexibility index (Phi) is 3.37. The van der Waals surface area contributed by atoms with Gasteiger partial charge in [-0.05, 0) is 87.5 Å². The Morgan fingerprint density at radius 2 is 1.50 bits per heavy atom. The lowest BCUT2D eigenvalue weighted by atomic mass is 9.72. The highest BCUT2D eigenvalue weighted by Gasteiger charge is 2.52. The van der Waals surface area contributed by atoms with Crippen LogP contribution in [0, 0.1) is 13.8 Å². The molecule has 120 valence electrons. The maximum atomic E-state index is 6.28. The van der Waals surface area contributed by atoms with Crippen molar-refractivity contribution in [2.75, 3.05) is 0 Å². The summed E-state index contributed by atoms with van der Waals surface area (Å²) in [7, 11) is -0.252. The Bertz CT molecular complexity index is 613. The van der Waals surface area contributed by atoms with Crippen LogP contribution in [0.5, 0.6) is 0 Å². The minimum atomic E-state index is -0.281. The van der Waals surface area contributed by atoms with Crippen LogP contribution >= 0.6 is 0 Å². The molecule has 0 radical (unpaired) electrons. The van der Waals surface area contributed by atoms with E-state index in [0.29, 0.717) is 5.41 Å². The maximum absolute atomic E-state index is 6.28. The van der Waals surface area contributed by atoms with Gasteiger partial charge in [-0.25, -0.2) is 0 Å². The van der Waals surface area contributed by atoms with Gasteiger partial charge in [0.25, 0.3) is 0 Å². The lowest BCUT2D eigenvalue weighted by Crippen LogP contribution is -2.41. The molecule has 0 bridgehead atoms. The average Bonchev–Trinajstić information content (AvgIpc) is 2.79. The molecule has 3 heteroatoms. The molecule has 0 unspecified atom stereocenters. The highest BCUT2D eigenvalue weighted by Crippen LogP contribution is 2.42. The van der Waals surface area contributed by atoms with Crippen LogP contribution in [0.1, 0.15) is 70.2 Å². The van der Waals surface area contributed by atoms with Gasteiger partial charge in [0, 0.05) is 0 Å². The lowest BCUT2D eigenvalue weighted by Gasteiger charge is -2.32. The van der Waals surface area contributed by atoms with Crippen molar-refractivity contribution < 1.29 is 9.31 Å². The van der Waals surface area contributed by atoms with Crippen LogP contribution in [0.4, 0.5) is 0 Å². The van der Waals surface area contributed by atoms with E-state index >= 15 is 0 Å². The third-order valence-electron chi connectivity index (χ3n) is 6.14. The van der Waals surface area contributed by atoms with Crippen LogP contribution in [-0.2, 0) is 21.1 Å². The highest BCUT2D eigenvalue weighted by molar-refractivity contribution is 6.62. The zero-order valence-electron chi connectivity index (χ0n) is 15.4. The number of aryl methyl sites for hydroxylation is 1. The minimum Gasteiger partial charge on any atom is -0.399 e. The Balaban J connectivity index is 2.07. The van der Waals surface area contributed by atoms with Crippen molar-refractivity contribution in [2.24, 2.45) is 0 Å². The topological polar surface area (TPSA) is 18.5 Å². The Labute approximate surface area is 135 Å². The van der Waals surface area contributed by atoms with Crippen LogP contribution in [0.25, 0.3) is 0 Å². The number of rotatable bonds is 1. The molecule has 1 saturated heterocycles. The summed E-state index contributed by atoms with van der Waals surface area (Å²) in [6.07, 6.45) is 2.40. The second-order valence-electron chi connectivity index (χ2n) is 8.73. The van der Waals surface area contributed by atoms with Crippen molar-refractivity contribution in [2.45, 2.75) is 84.8 Å². The van der Waals surface area contributed by atoms with Gasteiger partial charge in [-0.1, -0.05) is 19.9 Å². The maximum Gasteiger partial charge on any atom is 0.495 e. The molecule has 1 heterocycles. The fraction of sp³-hybridized carbons (Fsp3) is 0.684. The molecule has 2 nitrogen and oxygen atoms in total. The first-order valence-electron chi connectivity index (χ1n) is 8.45. The van der Waals surface area contributed by atoms with Gasteiger partial charge in [0.05, 0.1) is 11.2 Å². The second kappa shape index (κ2) is 4.61. The first-order chi connectivity index (χ1) is 9.96. The smallest absolute Gasteiger partial charge is 0.399 e. The third kappa shape index (κ3) is 2.17. The molecule has 0 amide bonds. The van der Waals surface area contributed by atoms with E-state index in [1.54, 1.807) is 5.56 Å². The lowest BCUT2D eigenvalue weighted by molar-refractivity contribution is 0.00578. The van der Waals surface area contributed by atoms with Crippen molar-refractivity contribution >= 4 is 12.6 Å². The molecule has 1 fully saturated rings. The molecule has 1 aromatic carbocycles. The summed E-state index contributed by atoms with van der Waals surface area (Å²) in [6, 6.07) is 2.30. The first kappa shape index (κ1) is 16.1. The quantitative estimate of drug-likeness (QED) is 0.734. The monoisotopic (exact) mass is 300 g/mol. The summed E-state index contributed by atoms with van der Waals surface area (Å²) in [5.41, 5.74) is 6.76. The fourth-order valence-corrected chi connectivity index (χ4v) is 4.05. The Hall–Kier alpha value is -0.795. The number of hydrogen-bond acceptors (Lipinski definition) is 2. The van der Waals surface area contributed by atoms with Crippen molar-refractivity contribution in [1.82, 2.24) is 0 Å². The van der Waals surface area contributed by atoms with E-state index in [1.165, 1.54) is 35.0 Å². The van der Waals surface area contributed by atoms with Crippen molar-refractivity contribution in [3.63, 3.8) is 0 Å². The van der Waals surface area contributed by atoms with Gasteiger partial charge in [0.2, 0.25) is 0 Å².